The molecule has 0 atom stereocenters. The summed E-state index contributed by atoms with van der Waals surface area (Å²) in [7, 11) is -3.61. The molecular weight excluding hydrogens is 342 g/mol. The van der Waals surface area contributed by atoms with Crippen LogP contribution in [0.1, 0.15) is 30.9 Å². The first kappa shape index (κ1) is 17.6. The lowest BCUT2D eigenvalue weighted by Gasteiger charge is -2.26. The molecule has 2 aromatic rings. The molecule has 8 heteroatoms. The van der Waals surface area contributed by atoms with Gasteiger partial charge in [0.2, 0.25) is 15.9 Å². The molecule has 0 saturated carbocycles. The van der Waals surface area contributed by atoms with Crippen LogP contribution in [0.2, 0.25) is 0 Å². The van der Waals surface area contributed by atoms with Crippen LogP contribution in [0.15, 0.2) is 39.8 Å². The minimum absolute atomic E-state index is 0.0845. The first-order chi connectivity index (χ1) is 12.0. The fourth-order valence-electron chi connectivity index (χ4n) is 2.78. The van der Waals surface area contributed by atoms with Crippen LogP contribution in [0.5, 0.6) is 0 Å². The molecule has 3 rings (SSSR count). The number of anilines is 1. The molecule has 7 nitrogen and oxygen atoms in total. The number of hydrogen-bond acceptors (Lipinski definition) is 5. The Kier molecular flexibility index (Phi) is 5.19. The van der Waals surface area contributed by atoms with Crippen LogP contribution < -0.4 is 9.62 Å². The smallest absolute Gasteiger partial charge is 0.240 e. The van der Waals surface area contributed by atoms with E-state index in [1.807, 2.05) is 0 Å². The van der Waals surface area contributed by atoms with Crippen molar-refractivity contribution in [2.24, 2.45) is 0 Å². The quantitative estimate of drug-likeness (QED) is 0.848. The third-order valence-corrected chi connectivity index (χ3v) is 5.56. The molecule has 1 fully saturated rings. The number of aryl methyl sites for hydroxylation is 1. The van der Waals surface area contributed by atoms with Crippen molar-refractivity contribution < 1.29 is 17.6 Å². The Morgan fingerprint density at radius 3 is 2.64 bits per heavy atom. The first-order valence-electron chi connectivity index (χ1n) is 8.27. The summed E-state index contributed by atoms with van der Waals surface area (Å²) in [6.45, 7) is 2.67. The van der Waals surface area contributed by atoms with E-state index in [2.05, 4.69) is 9.71 Å². The van der Waals surface area contributed by atoms with Gasteiger partial charge in [0.1, 0.15) is 5.76 Å². The Morgan fingerprint density at radius 1 is 1.24 bits per heavy atom. The number of hydrogen-bond donors (Lipinski definition) is 1. The standard InChI is InChI=1S/C17H21N3O4S/c1-13-12-18-16(24-13)9-10-19-25(22,23)15-7-5-14(6-8-15)20-11-3-2-4-17(20)21/h5-8,12,19H,2-4,9-11H2,1H3. The molecule has 0 bridgehead atoms. The number of piperidine rings is 1. The van der Waals surface area contributed by atoms with Crippen molar-refractivity contribution in [3.8, 4) is 0 Å². The van der Waals surface area contributed by atoms with Gasteiger partial charge in [-0.1, -0.05) is 0 Å². The van der Waals surface area contributed by atoms with Crippen molar-refractivity contribution in [2.45, 2.75) is 37.5 Å². The highest BCUT2D eigenvalue weighted by Crippen LogP contribution is 2.22. The highest BCUT2D eigenvalue weighted by molar-refractivity contribution is 7.89. The largest absolute Gasteiger partial charge is 0.446 e. The Labute approximate surface area is 147 Å². The number of amides is 1. The Bertz CT molecular complexity index is 843. The zero-order valence-electron chi connectivity index (χ0n) is 14.1. The van der Waals surface area contributed by atoms with Gasteiger partial charge in [0.05, 0.1) is 11.1 Å². The molecule has 0 spiro atoms. The predicted molar refractivity (Wildman–Crippen MR) is 92.8 cm³/mol. The summed E-state index contributed by atoms with van der Waals surface area (Å²) in [5, 5.41) is 0. The van der Waals surface area contributed by atoms with E-state index in [1.54, 1.807) is 30.2 Å². The van der Waals surface area contributed by atoms with Crippen molar-refractivity contribution in [1.82, 2.24) is 9.71 Å². The van der Waals surface area contributed by atoms with Crippen LogP contribution in [0.3, 0.4) is 0 Å². The van der Waals surface area contributed by atoms with Crippen LogP contribution >= 0.6 is 0 Å². The minimum atomic E-state index is -3.61. The summed E-state index contributed by atoms with van der Waals surface area (Å²) in [5.41, 5.74) is 0.735. The number of nitrogens with zero attached hydrogens (tertiary/aromatic N) is 2. The van der Waals surface area contributed by atoms with Gasteiger partial charge in [0.25, 0.3) is 0 Å². The number of oxazole rings is 1. The van der Waals surface area contributed by atoms with E-state index in [0.29, 0.717) is 31.0 Å². The van der Waals surface area contributed by atoms with E-state index in [9.17, 15) is 13.2 Å². The average Bonchev–Trinajstić information content (AvgIpc) is 3.01. The zero-order valence-corrected chi connectivity index (χ0v) is 14.9. The number of carbonyl (C=O) groups is 1. The van der Waals surface area contributed by atoms with Crippen LogP contribution in [-0.2, 0) is 21.2 Å². The van der Waals surface area contributed by atoms with Crippen LogP contribution in [-0.4, -0.2) is 32.4 Å². The number of benzene rings is 1. The lowest BCUT2D eigenvalue weighted by molar-refractivity contribution is -0.119. The van der Waals surface area contributed by atoms with Crippen molar-refractivity contribution in [3.63, 3.8) is 0 Å². The van der Waals surface area contributed by atoms with Gasteiger partial charge in [-0.3, -0.25) is 4.79 Å². The second kappa shape index (κ2) is 7.37. The third kappa shape index (κ3) is 4.26. The maximum Gasteiger partial charge on any atom is 0.240 e. The van der Waals surface area contributed by atoms with Crippen molar-refractivity contribution >= 4 is 21.6 Å². The van der Waals surface area contributed by atoms with Gasteiger partial charge >= 0.3 is 0 Å². The summed E-state index contributed by atoms with van der Waals surface area (Å²) in [6.07, 6.45) is 4.41. The van der Waals surface area contributed by atoms with E-state index in [1.165, 1.54) is 12.1 Å². The van der Waals surface area contributed by atoms with E-state index in [4.69, 9.17) is 4.42 Å². The van der Waals surface area contributed by atoms with Gasteiger partial charge in [-0.25, -0.2) is 18.1 Å². The summed E-state index contributed by atoms with van der Waals surface area (Å²) in [5.74, 6) is 1.28. The number of nitrogens with one attached hydrogen (secondary N) is 1. The highest BCUT2D eigenvalue weighted by Gasteiger charge is 2.20. The Balaban J connectivity index is 1.62. The monoisotopic (exact) mass is 363 g/mol. The Morgan fingerprint density at radius 2 is 2.00 bits per heavy atom. The molecule has 1 amide bonds. The molecule has 0 radical (unpaired) electrons. The first-order valence-corrected chi connectivity index (χ1v) is 9.75. The SMILES string of the molecule is Cc1cnc(CCNS(=O)(=O)c2ccc(N3CCCCC3=O)cc2)o1. The molecule has 2 heterocycles. The molecule has 25 heavy (non-hydrogen) atoms. The fourth-order valence-corrected chi connectivity index (χ4v) is 3.81. The molecule has 134 valence electrons. The van der Waals surface area contributed by atoms with E-state index in [-0.39, 0.29) is 17.3 Å². The van der Waals surface area contributed by atoms with Gasteiger partial charge in [0, 0.05) is 31.6 Å². The molecule has 1 aliphatic heterocycles. The number of carbonyl (C=O) groups excluding carboxylic acids is 1. The summed E-state index contributed by atoms with van der Waals surface area (Å²) < 4.78 is 32.5. The second-order valence-corrected chi connectivity index (χ2v) is 7.78. The van der Waals surface area contributed by atoms with Crippen LogP contribution in [0.4, 0.5) is 5.69 Å². The lowest BCUT2D eigenvalue weighted by atomic mass is 10.1. The van der Waals surface area contributed by atoms with E-state index in [0.717, 1.165) is 18.5 Å². The molecule has 1 aromatic heterocycles. The molecular formula is C17H21N3O4S. The third-order valence-electron chi connectivity index (χ3n) is 4.08. The molecule has 1 aliphatic rings. The number of aromatic nitrogens is 1. The van der Waals surface area contributed by atoms with Gasteiger partial charge < -0.3 is 9.32 Å². The molecule has 0 aliphatic carbocycles. The van der Waals surface area contributed by atoms with Crippen LogP contribution in [0.25, 0.3) is 0 Å². The molecule has 1 aromatic carbocycles. The Hall–Kier alpha value is -2.19. The maximum atomic E-state index is 12.3. The van der Waals surface area contributed by atoms with Crippen molar-refractivity contribution in [1.29, 1.82) is 0 Å². The predicted octanol–water partition coefficient (Wildman–Crippen LogP) is 2.02. The minimum Gasteiger partial charge on any atom is -0.446 e. The summed E-state index contributed by atoms with van der Waals surface area (Å²) in [6, 6.07) is 6.40. The van der Waals surface area contributed by atoms with Gasteiger partial charge in [0.15, 0.2) is 5.89 Å². The average molecular weight is 363 g/mol. The molecule has 1 saturated heterocycles. The van der Waals surface area contributed by atoms with Gasteiger partial charge in [-0.2, -0.15) is 0 Å². The van der Waals surface area contributed by atoms with Gasteiger partial charge in [-0.15, -0.1) is 0 Å². The summed E-state index contributed by atoms with van der Waals surface area (Å²) in [4.78, 5) is 17.9. The van der Waals surface area contributed by atoms with E-state index >= 15 is 0 Å². The van der Waals surface area contributed by atoms with Crippen LogP contribution in [0, 0.1) is 6.92 Å². The normalized spacial score (nSPS) is 15.6. The topological polar surface area (TPSA) is 92.5 Å². The lowest BCUT2D eigenvalue weighted by Crippen LogP contribution is -2.35. The highest BCUT2D eigenvalue weighted by atomic mass is 32.2. The second-order valence-electron chi connectivity index (χ2n) is 6.01. The van der Waals surface area contributed by atoms with Gasteiger partial charge in [-0.05, 0) is 44.0 Å². The van der Waals surface area contributed by atoms with E-state index < -0.39 is 10.0 Å². The zero-order chi connectivity index (χ0) is 17.9. The molecule has 1 N–H and O–H groups in total. The number of rotatable bonds is 6. The molecule has 0 unspecified atom stereocenters. The number of sulfonamides is 1. The summed E-state index contributed by atoms with van der Waals surface area (Å²) >= 11 is 0. The van der Waals surface area contributed by atoms with Crippen molar-refractivity contribution in [3.05, 3.63) is 42.1 Å². The maximum absolute atomic E-state index is 12.3. The fraction of sp³-hybridized carbons (Fsp3) is 0.412. The van der Waals surface area contributed by atoms with Crippen molar-refractivity contribution in [2.75, 3.05) is 18.0 Å².